The number of methoxy groups -OCH3 is 1. The van der Waals surface area contributed by atoms with Crippen LogP contribution in [0.15, 0.2) is 57.9 Å². The number of carbonyl (C=O) groups excluding carboxylic acids is 3. The lowest BCUT2D eigenvalue weighted by Gasteiger charge is -2.09. The number of ketones is 1. The van der Waals surface area contributed by atoms with Crippen LogP contribution in [0.4, 0.5) is 0 Å². The lowest BCUT2D eigenvalue weighted by atomic mass is 10.1. The topological polar surface area (TPSA) is 81.7 Å². The van der Waals surface area contributed by atoms with Gasteiger partial charge in [0, 0.05) is 22.3 Å². The number of benzene rings is 2. The van der Waals surface area contributed by atoms with E-state index in [1.807, 2.05) is 30.3 Å². The lowest BCUT2D eigenvalue weighted by molar-refractivity contribution is -0.148. The standard InChI is InChI=1S/C22H24BrNO5S/c1-28-20-10-8-16(23)14-18(20)19(25)9-11-22(27)29-15-21(26)24-12-5-13-30-17-6-3-2-4-7-17/h2-4,6-8,10,14H,5,9,11-13,15H2,1H3,(H,24,26). The van der Waals surface area contributed by atoms with Gasteiger partial charge in [-0.15, -0.1) is 11.8 Å². The average Bonchev–Trinajstić information content (AvgIpc) is 2.76. The Kier molecular flexibility index (Phi) is 10.4. The molecular weight excluding hydrogens is 470 g/mol. The predicted octanol–water partition coefficient (Wildman–Crippen LogP) is 4.26. The summed E-state index contributed by atoms with van der Waals surface area (Å²) < 4.78 is 10.9. The van der Waals surface area contributed by atoms with Gasteiger partial charge in [0.05, 0.1) is 19.1 Å². The molecule has 30 heavy (non-hydrogen) atoms. The molecule has 8 heteroatoms. The van der Waals surface area contributed by atoms with Gasteiger partial charge in [-0.3, -0.25) is 14.4 Å². The van der Waals surface area contributed by atoms with E-state index in [-0.39, 0.29) is 31.1 Å². The third-order valence-corrected chi connectivity index (χ3v) is 5.63. The first-order valence-corrected chi connectivity index (χ1v) is 11.2. The van der Waals surface area contributed by atoms with E-state index in [1.54, 1.807) is 30.0 Å². The summed E-state index contributed by atoms with van der Waals surface area (Å²) >= 11 is 5.03. The Morgan fingerprint density at radius 1 is 1.07 bits per heavy atom. The second kappa shape index (κ2) is 13.1. The first-order valence-electron chi connectivity index (χ1n) is 9.46. The molecule has 0 bridgehead atoms. The number of rotatable bonds is 12. The highest BCUT2D eigenvalue weighted by molar-refractivity contribution is 9.10. The number of nitrogens with one attached hydrogen (secondary N) is 1. The van der Waals surface area contributed by atoms with Gasteiger partial charge in [-0.25, -0.2) is 0 Å². The third-order valence-electron chi connectivity index (χ3n) is 4.04. The largest absolute Gasteiger partial charge is 0.496 e. The molecule has 0 radical (unpaired) electrons. The number of thioether (sulfide) groups is 1. The van der Waals surface area contributed by atoms with Gasteiger partial charge < -0.3 is 14.8 Å². The van der Waals surface area contributed by atoms with E-state index in [0.29, 0.717) is 17.9 Å². The number of ether oxygens (including phenoxy) is 2. The number of halogens is 1. The SMILES string of the molecule is COc1ccc(Br)cc1C(=O)CCC(=O)OCC(=O)NCCCSc1ccccc1. The molecule has 160 valence electrons. The minimum atomic E-state index is -0.591. The zero-order valence-corrected chi connectivity index (χ0v) is 19.1. The molecule has 0 aliphatic rings. The van der Waals surface area contributed by atoms with Crippen molar-refractivity contribution >= 4 is 45.4 Å². The molecule has 1 N–H and O–H groups in total. The Morgan fingerprint density at radius 3 is 2.57 bits per heavy atom. The molecule has 0 atom stereocenters. The van der Waals surface area contributed by atoms with E-state index in [1.165, 1.54) is 12.0 Å². The molecule has 0 saturated heterocycles. The molecule has 6 nitrogen and oxygen atoms in total. The molecule has 2 rings (SSSR count). The summed E-state index contributed by atoms with van der Waals surface area (Å²) in [6, 6.07) is 15.1. The van der Waals surface area contributed by atoms with Crippen molar-refractivity contribution in [1.82, 2.24) is 5.32 Å². The molecule has 0 heterocycles. The minimum absolute atomic E-state index is 0.0238. The first kappa shape index (κ1) is 24.0. The van der Waals surface area contributed by atoms with Crippen LogP contribution in [0.3, 0.4) is 0 Å². The van der Waals surface area contributed by atoms with Gasteiger partial charge in [0.15, 0.2) is 12.4 Å². The van der Waals surface area contributed by atoms with E-state index in [4.69, 9.17) is 9.47 Å². The van der Waals surface area contributed by atoms with Crippen molar-refractivity contribution in [3.05, 3.63) is 58.6 Å². The maximum atomic E-state index is 12.3. The molecule has 2 aromatic rings. The van der Waals surface area contributed by atoms with Crippen LogP contribution in [0.25, 0.3) is 0 Å². The first-order chi connectivity index (χ1) is 14.5. The Hall–Kier alpha value is -2.32. The summed E-state index contributed by atoms with van der Waals surface area (Å²) in [5.74, 6) is 0.151. The van der Waals surface area contributed by atoms with Crippen molar-refractivity contribution < 1.29 is 23.9 Å². The second-order valence-corrected chi connectivity index (χ2v) is 8.38. The molecule has 0 spiro atoms. The molecule has 0 aliphatic heterocycles. The molecule has 0 fully saturated rings. The average molecular weight is 494 g/mol. The van der Waals surface area contributed by atoms with E-state index in [9.17, 15) is 14.4 Å². The molecule has 2 aromatic carbocycles. The van der Waals surface area contributed by atoms with E-state index in [2.05, 4.69) is 21.2 Å². The normalized spacial score (nSPS) is 10.3. The number of Topliss-reactive ketones (excluding diaryl/α,β-unsaturated/α-hetero) is 1. The van der Waals surface area contributed by atoms with Gasteiger partial charge in [0.2, 0.25) is 0 Å². The smallest absolute Gasteiger partial charge is 0.306 e. The van der Waals surface area contributed by atoms with Gasteiger partial charge in [0.25, 0.3) is 5.91 Å². The van der Waals surface area contributed by atoms with Crippen LogP contribution in [0.5, 0.6) is 5.75 Å². The van der Waals surface area contributed by atoms with Gasteiger partial charge in [0.1, 0.15) is 5.75 Å². The minimum Gasteiger partial charge on any atom is -0.496 e. The van der Waals surface area contributed by atoms with Crippen LogP contribution >= 0.6 is 27.7 Å². The van der Waals surface area contributed by atoms with Crippen LogP contribution in [0, 0.1) is 0 Å². The number of carbonyl (C=O) groups is 3. The monoisotopic (exact) mass is 493 g/mol. The van der Waals surface area contributed by atoms with Crippen molar-refractivity contribution in [2.75, 3.05) is 26.0 Å². The van der Waals surface area contributed by atoms with Gasteiger partial charge in [-0.1, -0.05) is 34.1 Å². The van der Waals surface area contributed by atoms with Crippen molar-refractivity contribution in [2.24, 2.45) is 0 Å². The number of hydrogen-bond donors (Lipinski definition) is 1. The summed E-state index contributed by atoms with van der Waals surface area (Å²) in [5.41, 5.74) is 0.394. The molecule has 0 aromatic heterocycles. The van der Waals surface area contributed by atoms with E-state index >= 15 is 0 Å². The highest BCUT2D eigenvalue weighted by Gasteiger charge is 2.15. The summed E-state index contributed by atoms with van der Waals surface area (Å²) in [6.07, 6.45) is 0.682. The zero-order chi connectivity index (χ0) is 21.8. The fourth-order valence-corrected chi connectivity index (χ4v) is 3.76. The van der Waals surface area contributed by atoms with E-state index < -0.39 is 5.97 Å². The summed E-state index contributed by atoms with van der Waals surface area (Å²) in [6.45, 7) is 0.163. The molecular formula is C22H24BrNO5S. The Morgan fingerprint density at radius 2 is 1.83 bits per heavy atom. The van der Waals surface area contributed by atoms with Crippen molar-refractivity contribution in [1.29, 1.82) is 0 Å². The Labute approximate surface area is 188 Å². The molecule has 1 amide bonds. The molecule has 0 unspecified atom stereocenters. The fraction of sp³-hybridized carbons (Fsp3) is 0.318. The van der Waals surface area contributed by atoms with Crippen molar-refractivity contribution in [3.8, 4) is 5.75 Å². The number of esters is 1. The molecule has 0 saturated carbocycles. The van der Waals surface area contributed by atoms with Crippen molar-refractivity contribution in [3.63, 3.8) is 0 Å². The Balaban J connectivity index is 1.60. The van der Waals surface area contributed by atoms with Crippen LogP contribution in [0.2, 0.25) is 0 Å². The summed E-state index contributed by atoms with van der Waals surface area (Å²) in [5, 5.41) is 2.72. The number of hydrogen-bond acceptors (Lipinski definition) is 6. The van der Waals surface area contributed by atoms with Crippen LogP contribution in [0.1, 0.15) is 29.6 Å². The van der Waals surface area contributed by atoms with Crippen LogP contribution in [-0.4, -0.2) is 43.7 Å². The van der Waals surface area contributed by atoms with Crippen molar-refractivity contribution in [2.45, 2.75) is 24.2 Å². The van der Waals surface area contributed by atoms with Gasteiger partial charge >= 0.3 is 5.97 Å². The zero-order valence-electron chi connectivity index (χ0n) is 16.7. The highest BCUT2D eigenvalue weighted by Crippen LogP contribution is 2.24. The van der Waals surface area contributed by atoms with Crippen LogP contribution < -0.4 is 10.1 Å². The summed E-state index contributed by atoms with van der Waals surface area (Å²) in [4.78, 5) is 37.1. The lowest BCUT2D eigenvalue weighted by Crippen LogP contribution is -2.29. The summed E-state index contributed by atoms with van der Waals surface area (Å²) in [7, 11) is 1.48. The van der Waals surface area contributed by atoms with Crippen LogP contribution in [-0.2, 0) is 14.3 Å². The van der Waals surface area contributed by atoms with Gasteiger partial charge in [-0.2, -0.15) is 0 Å². The van der Waals surface area contributed by atoms with E-state index in [0.717, 1.165) is 16.6 Å². The maximum absolute atomic E-state index is 12.3. The third kappa shape index (κ3) is 8.59. The maximum Gasteiger partial charge on any atom is 0.306 e. The highest BCUT2D eigenvalue weighted by atomic mass is 79.9. The quantitative estimate of drug-likeness (QED) is 0.206. The fourth-order valence-electron chi connectivity index (χ4n) is 2.52. The number of amides is 1. The Bertz CT molecular complexity index is 860. The predicted molar refractivity (Wildman–Crippen MR) is 120 cm³/mol. The second-order valence-electron chi connectivity index (χ2n) is 6.29. The molecule has 0 aliphatic carbocycles. The van der Waals surface area contributed by atoms with Gasteiger partial charge in [-0.05, 0) is 42.5 Å².